The molecule has 1 fully saturated rings. The molecule has 4 aromatic rings. The van der Waals surface area contributed by atoms with Crippen LogP contribution in [-0.2, 0) is 4.79 Å². The molecule has 8 heteroatoms. The number of carbonyl (C=O) groups excluding carboxylic acids is 2. The largest absolute Gasteiger partial charge is 0.484 e. The van der Waals surface area contributed by atoms with Crippen LogP contribution in [0.1, 0.15) is 15.9 Å². The number of carbonyl (C=O) groups is 2. The van der Waals surface area contributed by atoms with E-state index in [9.17, 15) is 9.59 Å². The second-order valence-electron chi connectivity index (χ2n) is 9.20. The maximum atomic E-state index is 12.5. The molecule has 1 amide bonds. The molecule has 0 spiro atoms. The molecule has 0 saturated carbocycles. The van der Waals surface area contributed by atoms with Gasteiger partial charge < -0.3 is 19.9 Å². The molecule has 5 rings (SSSR count). The topological polar surface area (TPSA) is 87.7 Å². The third kappa shape index (κ3) is 6.22. The van der Waals surface area contributed by atoms with Gasteiger partial charge in [0.15, 0.2) is 18.2 Å². The van der Waals surface area contributed by atoms with E-state index in [1.54, 1.807) is 36.4 Å². The van der Waals surface area contributed by atoms with Gasteiger partial charge in [0.05, 0.1) is 5.69 Å². The molecule has 192 valence electrons. The maximum Gasteiger partial charge on any atom is 0.262 e. The first kappa shape index (κ1) is 25.1. The van der Waals surface area contributed by atoms with Gasteiger partial charge in [0.2, 0.25) is 0 Å². The summed E-state index contributed by atoms with van der Waals surface area (Å²) in [5.74, 6) is 1.07. The standard InChI is InChI=1S/C30H29N5O3/c1-34-17-19-35(20-18-34)28-16-15-27(32-33-28)22-7-11-25(12-8-22)31-29(36)21-38-26-13-9-24(10-14-26)30(37)23-5-3-2-4-6-23/h2-16H,17-21H2,1H3,(H,31,36). The van der Waals surface area contributed by atoms with Crippen LogP contribution >= 0.6 is 0 Å². The van der Waals surface area contributed by atoms with Gasteiger partial charge >= 0.3 is 0 Å². The number of benzene rings is 3. The number of piperazine rings is 1. The van der Waals surface area contributed by atoms with Crippen LogP contribution in [0.2, 0.25) is 0 Å². The minimum absolute atomic E-state index is 0.0599. The van der Waals surface area contributed by atoms with Gasteiger partial charge in [-0.1, -0.05) is 42.5 Å². The SMILES string of the molecule is CN1CCN(c2ccc(-c3ccc(NC(=O)COc4ccc(C(=O)c5ccccc5)cc4)cc3)nn2)CC1. The number of anilines is 2. The molecule has 0 aliphatic carbocycles. The lowest BCUT2D eigenvalue weighted by molar-refractivity contribution is -0.118. The summed E-state index contributed by atoms with van der Waals surface area (Å²) in [5.41, 5.74) is 3.54. The van der Waals surface area contributed by atoms with Gasteiger partial charge in [-0.05, 0) is 55.6 Å². The number of ether oxygens (including phenoxy) is 1. The Bertz CT molecular complexity index is 1370. The summed E-state index contributed by atoms with van der Waals surface area (Å²) in [6, 6.07) is 27.3. The number of hydrogen-bond donors (Lipinski definition) is 1. The number of amides is 1. The maximum absolute atomic E-state index is 12.5. The normalized spacial score (nSPS) is 13.7. The van der Waals surface area contributed by atoms with Crippen LogP contribution < -0.4 is 15.0 Å². The number of nitrogens with one attached hydrogen (secondary N) is 1. The van der Waals surface area contributed by atoms with Crippen LogP contribution in [0.15, 0.2) is 91.0 Å². The Morgan fingerprint density at radius 1 is 0.789 bits per heavy atom. The Kier molecular flexibility index (Phi) is 7.70. The third-order valence-electron chi connectivity index (χ3n) is 6.46. The summed E-state index contributed by atoms with van der Waals surface area (Å²) >= 11 is 0. The molecule has 0 atom stereocenters. The van der Waals surface area contributed by atoms with E-state index in [0.717, 1.165) is 43.3 Å². The average molecular weight is 508 g/mol. The predicted octanol–water partition coefficient (Wildman–Crippen LogP) is 4.14. The number of rotatable bonds is 8. The Balaban J connectivity index is 1.11. The first-order valence-electron chi connectivity index (χ1n) is 12.6. The van der Waals surface area contributed by atoms with Gasteiger partial charge in [0.1, 0.15) is 5.75 Å². The lowest BCUT2D eigenvalue weighted by Crippen LogP contribution is -2.44. The monoisotopic (exact) mass is 507 g/mol. The highest BCUT2D eigenvalue weighted by atomic mass is 16.5. The van der Waals surface area contributed by atoms with Gasteiger partial charge in [0.25, 0.3) is 5.91 Å². The fourth-order valence-corrected chi connectivity index (χ4v) is 4.21. The van der Waals surface area contributed by atoms with Crippen LogP contribution in [0.4, 0.5) is 11.5 Å². The first-order chi connectivity index (χ1) is 18.5. The molecule has 8 nitrogen and oxygen atoms in total. The molecule has 1 N–H and O–H groups in total. The molecular formula is C30H29N5O3. The second-order valence-corrected chi connectivity index (χ2v) is 9.20. The molecule has 0 bridgehead atoms. The van der Waals surface area contributed by atoms with Gasteiger partial charge in [-0.25, -0.2) is 0 Å². The summed E-state index contributed by atoms with van der Waals surface area (Å²) in [6.45, 7) is 3.78. The summed E-state index contributed by atoms with van der Waals surface area (Å²) in [4.78, 5) is 29.5. The third-order valence-corrected chi connectivity index (χ3v) is 6.46. The summed E-state index contributed by atoms with van der Waals surface area (Å²) in [7, 11) is 2.13. The van der Waals surface area contributed by atoms with E-state index in [1.165, 1.54) is 0 Å². The number of ketones is 1. The molecule has 1 saturated heterocycles. The molecule has 1 aliphatic rings. The van der Waals surface area contributed by atoms with Crippen molar-refractivity contribution in [3.8, 4) is 17.0 Å². The number of hydrogen-bond acceptors (Lipinski definition) is 7. The second kappa shape index (κ2) is 11.7. The number of likely N-dealkylation sites (N-methyl/N-ethyl adjacent to an activating group) is 1. The van der Waals surface area contributed by atoms with Crippen molar-refractivity contribution < 1.29 is 14.3 Å². The minimum atomic E-state index is -0.279. The fraction of sp³-hybridized carbons (Fsp3) is 0.200. The van der Waals surface area contributed by atoms with Gasteiger partial charge in [-0.15, -0.1) is 10.2 Å². The van der Waals surface area contributed by atoms with Crippen LogP contribution in [0.25, 0.3) is 11.3 Å². The zero-order valence-corrected chi connectivity index (χ0v) is 21.2. The van der Waals surface area contributed by atoms with Crippen molar-refractivity contribution >= 4 is 23.2 Å². The summed E-state index contributed by atoms with van der Waals surface area (Å²) in [5, 5.41) is 11.6. The zero-order chi connectivity index (χ0) is 26.3. The molecule has 2 heterocycles. The average Bonchev–Trinajstić information content (AvgIpc) is 2.97. The highest BCUT2D eigenvalue weighted by Crippen LogP contribution is 2.21. The minimum Gasteiger partial charge on any atom is -0.484 e. The van der Waals surface area contributed by atoms with Crippen LogP contribution in [-0.4, -0.2) is 66.6 Å². The van der Waals surface area contributed by atoms with Crippen molar-refractivity contribution in [2.45, 2.75) is 0 Å². The Morgan fingerprint density at radius 3 is 2.13 bits per heavy atom. The van der Waals surface area contributed by atoms with Crippen molar-refractivity contribution in [3.63, 3.8) is 0 Å². The van der Waals surface area contributed by atoms with Crippen molar-refractivity contribution in [1.29, 1.82) is 0 Å². The van der Waals surface area contributed by atoms with Crippen molar-refractivity contribution in [3.05, 3.63) is 102 Å². The van der Waals surface area contributed by atoms with E-state index >= 15 is 0 Å². The molecule has 38 heavy (non-hydrogen) atoms. The Morgan fingerprint density at radius 2 is 1.47 bits per heavy atom. The molecule has 3 aromatic carbocycles. The van der Waals surface area contributed by atoms with E-state index in [-0.39, 0.29) is 18.3 Å². The van der Waals surface area contributed by atoms with E-state index in [0.29, 0.717) is 22.6 Å². The Hall–Kier alpha value is -4.56. The van der Waals surface area contributed by atoms with Gasteiger partial charge in [-0.3, -0.25) is 9.59 Å². The van der Waals surface area contributed by atoms with Crippen molar-refractivity contribution in [2.75, 3.05) is 50.1 Å². The van der Waals surface area contributed by atoms with Gasteiger partial charge in [-0.2, -0.15) is 0 Å². The Labute approximate surface area is 221 Å². The number of aromatic nitrogens is 2. The van der Waals surface area contributed by atoms with E-state index in [4.69, 9.17) is 4.74 Å². The molecule has 0 unspecified atom stereocenters. The highest BCUT2D eigenvalue weighted by molar-refractivity contribution is 6.09. The van der Waals surface area contributed by atoms with Crippen molar-refractivity contribution in [2.24, 2.45) is 0 Å². The van der Waals surface area contributed by atoms with Crippen LogP contribution in [0.3, 0.4) is 0 Å². The first-order valence-corrected chi connectivity index (χ1v) is 12.6. The lowest BCUT2D eigenvalue weighted by atomic mass is 10.0. The highest BCUT2D eigenvalue weighted by Gasteiger charge is 2.16. The van der Waals surface area contributed by atoms with E-state index in [2.05, 4.69) is 32.4 Å². The van der Waals surface area contributed by atoms with E-state index in [1.807, 2.05) is 54.6 Å². The molecule has 1 aliphatic heterocycles. The van der Waals surface area contributed by atoms with Crippen molar-refractivity contribution in [1.82, 2.24) is 15.1 Å². The summed E-state index contributed by atoms with van der Waals surface area (Å²) < 4.78 is 5.59. The summed E-state index contributed by atoms with van der Waals surface area (Å²) in [6.07, 6.45) is 0. The van der Waals surface area contributed by atoms with Crippen LogP contribution in [0.5, 0.6) is 5.75 Å². The quantitative estimate of drug-likeness (QED) is 0.359. The van der Waals surface area contributed by atoms with Crippen LogP contribution in [0, 0.1) is 0 Å². The molecular weight excluding hydrogens is 478 g/mol. The fourth-order valence-electron chi connectivity index (χ4n) is 4.21. The predicted molar refractivity (Wildman–Crippen MR) is 148 cm³/mol. The van der Waals surface area contributed by atoms with E-state index < -0.39 is 0 Å². The zero-order valence-electron chi connectivity index (χ0n) is 21.2. The van der Waals surface area contributed by atoms with Gasteiger partial charge in [0, 0.05) is 48.6 Å². The molecule has 1 aromatic heterocycles. The number of nitrogens with zero attached hydrogens (tertiary/aromatic N) is 4. The lowest BCUT2D eigenvalue weighted by Gasteiger charge is -2.32. The molecule has 0 radical (unpaired) electrons. The smallest absolute Gasteiger partial charge is 0.262 e.